The molecule has 0 saturated heterocycles. The fraction of sp³-hybridized carbons (Fsp3) is 0.267. The van der Waals surface area contributed by atoms with Crippen LogP contribution in [0.2, 0.25) is 0 Å². The van der Waals surface area contributed by atoms with Crippen molar-refractivity contribution in [2.75, 3.05) is 0 Å². The number of aryl methyl sites for hydroxylation is 4. The molecule has 0 N–H and O–H groups in total. The summed E-state index contributed by atoms with van der Waals surface area (Å²) in [5, 5.41) is 6.56. The summed E-state index contributed by atoms with van der Waals surface area (Å²) in [6.07, 6.45) is 2.94. The lowest BCUT2D eigenvalue weighted by atomic mass is 9.93. The summed E-state index contributed by atoms with van der Waals surface area (Å²) < 4.78 is 4.76. The Morgan fingerprint density at radius 1 is 0.939 bits per heavy atom. The Bertz CT molecular complexity index is 1810. The van der Waals surface area contributed by atoms with Gasteiger partial charge >= 0.3 is 0 Å². The molecule has 0 unspecified atom stereocenters. The SMILES string of the molecule is [C-]#[N+]C(C)(C)Cc1ccc2c3cc[n+](C)c4c5c(C)c(C)cc6cc(C)cc(c65)n(c2c1)c34. The summed E-state index contributed by atoms with van der Waals surface area (Å²) >= 11 is 0. The minimum atomic E-state index is -0.406. The van der Waals surface area contributed by atoms with Crippen LogP contribution in [0.5, 0.6) is 0 Å². The van der Waals surface area contributed by atoms with Crippen molar-refractivity contribution >= 4 is 49.0 Å². The average Bonchev–Trinajstić information content (AvgIpc) is 3.09. The molecule has 6 aromatic rings. The highest BCUT2D eigenvalue weighted by Crippen LogP contribution is 2.41. The molecule has 0 fully saturated rings. The molecule has 3 nitrogen and oxygen atoms in total. The fourth-order valence-electron chi connectivity index (χ4n) is 5.76. The van der Waals surface area contributed by atoms with Gasteiger partial charge < -0.3 is 9.25 Å². The Labute approximate surface area is 194 Å². The van der Waals surface area contributed by atoms with Crippen LogP contribution in [-0.2, 0) is 13.5 Å². The zero-order valence-electron chi connectivity index (χ0n) is 20.2. The van der Waals surface area contributed by atoms with Crippen molar-refractivity contribution in [2.24, 2.45) is 7.05 Å². The van der Waals surface area contributed by atoms with Gasteiger partial charge in [-0.15, -0.1) is 0 Å². The fourth-order valence-corrected chi connectivity index (χ4v) is 5.76. The molecule has 0 radical (unpaired) electrons. The molecule has 0 aliphatic carbocycles. The third-order valence-electron chi connectivity index (χ3n) is 7.41. The van der Waals surface area contributed by atoms with E-state index in [1.165, 1.54) is 71.3 Å². The second-order valence-corrected chi connectivity index (χ2v) is 10.4. The van der Waals surface area contributed by atoms with E-state index in [1.807, 2.05) is 13.8 Å². The van der Waals surface area contributed by atoms with E-state index in [0.29, 0.717) is 0 Å². The molecule has 0 spiro atoms. The summed E-state index contributed by atoms with van der Waals surface area (Å²) in [4.78, 5) is 3.85. The van der Waals surface area contributed by atoms with Crippen LogP contribution in [0.4, 0.5) is 0 Å². The maximum Gasteiger partial charge on any atom is 0.238 e. The van der Waals surface area contributed by atoms with Crippen molar-refractivity contribution < 1.29 is 4.57 Å². The van der Waals surface area contributed by atoms with E-state index >= 15 is 0 Å². The normalized spacial score (nSPS) is 12.6. The molecule has 3 aromatic heterocycles. The first-order chi connectivity index (χ1) is 15.7. The van der Waals surface area contributed by atoms with E-state index in [1.54, 1.807) is 0 Å². The van der Waals surface area contributed by atoms with Gasteiger partial charge in [0, 0.05) is 36.1 Å². The van der Waals surface area contributed by atoms with Crippen LogP contribution in [0.3, 0.4) is 0 Å². The van der Waals surface area contributed by atoms with E-state index in [0.717, 1.165) is 6.42 Å². The molecule has 162 valence electrons. The number of rotatable bonds is 2. The Kier molecular flexibility index (Phi) is 3.91. The van der Waals surface area contributed by atoms with Gasteiger partial charge in [0.1, 0.15) is 12.6 Å². The molecular formula is C30H28N3+. The zero-order valence-corrected chi connectivity index (χ0v) is 20.2. The molecule has 0 aliphatic heterocycles. The smallest absolute Gasteiger partial charge is 0.238 e. The molecule has 0 atom stereocenters. The van der Waals surface area contributed by atoms with Gasteiger partial charge in [-0.3, -0.25) is 0 Å². The summed E-state index contributed by atoms with van der Waals surface area (Å²) in [6, 6.07) is 16.0. The predicted octanol–water partition coefficient (Wildman–Crippen LogP) is 6.98. The standard InChI is InChI=1S/C30H28N3/c1-17-12-21-14-18(2)19(3)26-27(21)25(13-17)33-24-15-20(16-30(4,5)31-6)8-9-22(24)23-10-11-32(7)29(26)28(23)33/h8-15H,16H2,1-5,7H3/q+1. The minimum absolute atomic E-state index is 0.406. The first kappa shape index (κ1) is 20.0. The van der Waals surface area contributed by atoms with E-state index in [2.05, 4.69) is 90.3 Å². The van der Waals surface area contributed by atoms with Crippen LogP contribution >= 0.6 is 0 Å². The molecule has 0 aliphatic rings. The topological polar surface area (TPSA) is 12.7 Å². The number of fused-ring (bicyclic) bond motifs is 5. The van der Waals surface area contributed by atoms with Crippen molar-refractivity contribution in [2.45, 2.75) is 46.6 Å². The molecule has 3 heterocycles. The maximum atomic E-state index is 7.58. The Balaban J connectivity index is 1.92. The highest BCUT2D eigenvalue weighted by molar-refractivity contribution is 6.26. The molecule has 3 heteroatoms. The lowest BCUT2D eigenvalue weighted by Gasteiger charge is -2.16. The molecule has 0 amide bonds. The van der Waals surface area contributed by atoms with Crippen LogP contribution in [0.15, 0.2) is 48.7 Å². The molecule has 6 rings (SSSR count). The van der Waals surface area contributed by atoms with Crippen LogP contribution < -0.4 is 4.57 Å². The predicted molar refractivity (Wildman–Crippen MR) is 138 cm³/mol. The van der Waals surface area contributed by atoms with Crippen LogP contribution in [0.1, 0.15) is 36.1 Å². The van der Waals surface area contributed by atoms with Crippen molar-refractivity contribution in [3.8, 4) is 0 Å². The third-order valence-corrected chi connectivity index (χ3v) is 7.41. The number of pyridine rings is 2. The van der Waals surface area contributed by atoms with Crippen molar-refractivity contribution in [3.63, 3.8) is 0 Å². The number of benzene rings is 3. The second-order valence-electron chi connectivity index (χ2n) is 10.4. The van der Waals surface area contributed by atoms with E-state index in [9.17, 15) is 0 Å². The second kappa shape index (κ2) is 6.45. The van der Waals surface area contributed by atoms with Gasteiger partial charge in [0.25, 0.3) is 0 Å². The van der Waals surface area contributed by atoms with Gasteiger partial charge in [0.15, 0.2) is 6.20 Å². The highest BCUT2D eigenvalue weighted by atomic mass is 15.0. The van der Waals surface area contributed by atoms with Crippen molar-refractivity contribution in [1.82, 2.24) is 4.40 Å². The van der Waals surface area contributed by atoms with E-state index in [-0.39, 0.29) is 0 Å². The summed E-state index contributed by atoms with van der Waals surface area (Å²) in [5.41, 5.74) is 9.83. The highest BCUT2D eigenvalue weighted by Gasteiger charge is 2.27. The minimum Gasteiger partial charge on any atom is -0.311 e. The molecule has 0 saturated carbocycles. The first-order valence-electron chi connectivity index (χ1n) is 11.6. The van der Waals surface area contributed by atoms with Crippen LogP contribution in [0, 0.1) is 27.3 Å². The molecule has 3 aromatic carbocycles. The monoisotopic (exact) mass is 430 g/mol. The largest absolute Gasteiger partial charge is 0.311 e. The Hall–Kier alpha value is -3.64. The number of nitrogens with zero attached hydrogens (tertiary/aromatic N) is 3. The van der Waals surface area contributed by atoms with Gasteiger partial charge in [-0.25, -0.2) is 6.57 Å². The first-order valence-corrected chi connectivity index (χ1v) is 11.6. The van der Waals surface area contributed by atoms with Gasteiger partial charge in [-0.1, -0.05) is 24.3 Å². The van der Waals surface area contributed by atoms with Gasteiger partial charge in [0.2, 0.25) is 11.1 Å². The summed E-state index contributed by atoms with van der Waals surface area (Å²) in [7, 11) is 2.16. The maximum absolute atomic E-state index is 7.58. The molecule has 0 bridgehead atoms. The lowest BCUT2D eigenvalue weighted by Crippen LogP contribution is -2.29. The van der Waals surface area contributed by atoms with Crippen molar-refractivity contribution in [3.05, 3.63) is 82.3 Å². The Morgan fingerprint density at radius 2 is 1.73 bits per heavy atom. The summed E-state index contributed by atoms with van der Waals surface area (Å²) in [5.74, 6) is 0. The van der Waals surface area contributed by atoms with Gasteiger partial charge in [-0.05, 0) is 60.5 Å². The van der Waals surface area contributed by atoms with Gasteiger partial charge in [0.05, 0.1) is 22.8 Å². The number of hydrogen-bond acceptors (Lipinski definition) is 0. The van der Waals surface area contributed by atoms with E-state index in [4.69, 9.17) is 6.57 Å². The van der Waals surface area contributed by atoms with Crippen molar-refractivity contribution in [1.29, 1.82) is 0 Å². The Morgan fingerprint density at radius 3 is 2.48 bits per heavy atom. The zero-order chi connectivity index (χ0) is 23.2. The van der Waals surface area contributed by atoms with Crippen LogP contribution in [-0.4, -0.2) is 9.94 Å². The average molecular weight is 431 g/mol. The summed E-state index contributed by atoms with van der Waals surface area (Å²) in [6.45, 7) is 18.3. The molecular weight excluding hydrogens is 402 g/mol. The van der Waals surface area contributed by atoms with Gasteiger partial charge in [-0.2, -0.15) is 4.57 Å². The third kappa shape index (κ3) is 2.64. The number of hydrogen-bond donors (Lipinski definition) is 0. The van der Waals surface area contributed by atoms with Crippen LogP contribution in [0.25, 0.3) is 53.8 Å². The van der Waals surface area contributed by atoms with E-state index < -0.39 is 5.54 Å². The molecule has 33 heavy (non-hydrogen) atoms. The number of aromatic nitrogens is 2. The quantitative estimate of drug-likeness (QED) is 0.122. The lowest BCUT2D eigenvalue weighted by molar-refractivity contribution is -0.644.